The highest BCUT2D eigenvalue weighted by Gasteiger charge is 2.12. The van der Waals surface area contributed by atoms with Gasteiger partial charge in [-0.15, -0.1) is 11.8 Å². The van der Waals surface area contributed by atoms with Crippen LogP contribution in [0.1, 0.15) is 30.6 Å². The number of aromatic carboxylic acids is 1. The van der Waals surface area contributed by atoms with Crippen LogP contribution in [0.4, 0.5) is 0 Å². The van der Waals surface area contributed by atoms with Crippen LogP contribution in [0.5, 0.6) is 0 Å². The van der Waals surface area contributed by atoms with Crippen molar-refractivity contribution in [3.63, 3.8) is 0 Å². The van der Waals surface area contributed by atoms with Crippen molar-refractivity contribution in [2.75, 3.05) is 0 Å². The lowest BCUT2D eigenvalue weighted by Crippen LogP contribution is -2.03. The summed E-state index contributed by atoms with van der Waals surface area (Å²) >= 11 is 1.51. The second kappa shape index (κ2) is 5.00. The Morgan fingerprint density at radius 1 is 1.71 bits per heavy atom. The van der Waals surface area contributed by atoms with Crippen LogP contribution in [0.2, 0.25) is 0 Å². The zero-order chi connectivity index (χ0) is 10.6. The molecular formula is C10H13NO2S. The van der Waals surface area contributed by atoms with Crippen molar-refractivity contribution in [3.8, 4) is 0 Å². The van der Waals surface area contributed by atoms with Crippen LogP contribution in [-0.4, -0.2) is 21.3 Å². The molecule has 76 valence electrons. The molecule has 1 heterocycles. The topological polar surface area (TPSA) is 50.2 Å². The van der Waals surface area contributed by atoms with Crippen molar-refractivity contribution in [2.24, 2.45) is 0 Å². The molecule has 0 aliphatic rings. The summed E-state index contributed by atoms with van der Waals surface area (Å²) in [5.41, 5.74) is 0.290. The molecule has 14 heavy (non-hydrogen) atoms. The van der Waals surface area contributed by atoms with Gasteiger partial charge in [-0.1, -0.05) is 13.8 Å². The third-order valence-corrected chi connectivity index (χ3v) is 3.17. The van der Waals surface area contributed by atoms with E-state index in [1.165, 1.54) is 11.8 Å². The lowest BCUT2D eigenvalue weighted by molar-refractivity contribution is 0.0692. The van der Waals surface area contributed by atoms with E-state index < -0.39 is 5.97 Å². The first-order valence-electron chi connectivity index (χ1n) is 4.50. The van der Waals surface area contributed by atoms with Gasteiger partial charge in [-0.25, -0.2) is 9.78 Å². The third kappa shape index (κ3) is 2.73. The first-order chi connectivity index (χ1) is 6.65. The maximum atomic E-state index is 10.8. The monoisotopic (exact) mass is 211 g/mol. The summed E-state index contributed by atoms with van der Waals surface area (Å²) in [6.07, 6.45) is 2.62. The molecule has 1 N–H and O–H groups in total. The van der Waals surface area contributed by atoms with Crippen molar-refractivity contribution in [2.45, 2.75) is 30.5 Å². The third-order valence-electron chi connectivity index (χ3n) is 1.89. The normalized spacial score (nSPS) is 12.4. The Bertz CT molecular complexity index is 328. The van der Waals surface area contributed by atoms with E-state index in [4.69, 9.17) is 5.11 Å². The van der Waals surface area contributed by atoms with Crippen LogP contribution in [-0.2, 0) is 0 Å². The fourth-order valence-corrected chi connectivity index (χ4v) is 1.87. The Hall–Kier alpha value is -1.03. The van der Waals surface area contributed by atoms with E-state index in [0.29, 0.717) is 10.3 Å². The first kappa shape index (κ1) is 11.0. The molecule has 1 atom stereocenters. The van der Waals surface area contributed by atoms with Crippen molar-refractivity contribution in [1.82, 2.24) is 4.98 Å². The van der Waals surface area contributed by atoms with Gasteiger partial charge in [-0.2, -0.15) is 0 Å². The number of rotatable bonds is 4. The number of nitrogens with zero attached hydrogens (tertiary/aromatic N) is 1. The van der Waals surface area contributed by atoms with Crippen molar-refractivity contribution in [1.29, 1.82) is 0 Å². The van der Waals surface area contributed by atoms with Gasteiger partial charge in [0.25, 0.3) is 0 Å². The Kier molecular flexibility index (Phi) is 3.95. The van der Waals surface area contributed by atoms with Crippen LogP contribution in [0, 0.1) is 0 Å². The molecule has 0 amide bonds. The van der Waals surface area contributed by atoms with E-state index in [2.05, 4.69) is 18.8 Å². The van der Waals surface area contributed by atoms with Gasteiger partial charge in [0.15, 0.2) is 0 Å². The maximum Gasteiger partial charge on any atom is 0.338 e. The van der Waals surface area contributed by atoms with E-state index >= 15 is 0 Å². The average molecular weight is 211 g/mol. The molecule has 0 radical (unpaired) electrons. The quantitative estimate of drug-likeness (QED) is 0.778. The molecule has 0 saturated carbocycles. The van der Waals surface area contributed by atoms with Crippen molar-refractivity contribution >= 4 is 17.7 Å². The number of pyridine rings is 1. The second-order valence-corrected chi connectivity index (χ2v) is 4.43. The highest BCUT2D eigenvalue weighted by molar-refractivity contribution is 7.99. The molecule has 0 aliphatic carbocycles. The molecule has 0 aromatic carbocycles. The Balaban J connectivity index is 2.90. The van der Waals surface area contributed by atoms with Crippen molar-refractivity contribution in [3.05, 3.63) is 23.9 Å². The summed E-state index contributed by atoms with van der Waals surface area (Å²) in [6, 6.07) is 3.23. The maximum absolute atomic E-state index is 10.8. The number of carbonyl (C=O) groups is 1. The van der Waals surface area contributed by atoms with Crippen LogP contribution >= 0.6 is 11.8 Å². The standard InChI is InChI=1S/C10H13NO2S/c1-3-7(2)14-9-8(10(12)13)5-4-6-11-9/h4-7H,3H2,1-2H3,(H,12,13). The molecule has 1 unspecified atom stereocenters. The van der Waals surface area contributed by atoms with Crippen LogP contribution in [0.15, 0.2) is 23.4 Å². The second-order valence-electron chi connectivity index (χ2n) is 3.00. The molecule has 1 rings (SSSR count). The van der Waals surface area contributed by atoms with E-state index in [1.54, 1.807) is 18.3 Å². The van der Waals surface area contributed by atoms with Gasteiger partial charge in [0, 0.05) is 11.4 Å². The molecule has 0 saturated heterocycles. The lowest BCUT2D eigenvalue weighted by atomic mass is 10.3. The predicted octanol–water partition coefficient (Wildman–Crippen LogP) is 2.67. The average Bonchev–Trinajstić information content (AvgIpc) is 2.18. The van der Waals surface area contributed by atoms with Crippen LogP contribution < -0.4 is 0 Å². The van der Waals surface area contributed by atoms with E-state index in [0.717, 1.165) is 6.42 Å². The highest BCUT2D eigenvalue weighted by atomic mass is 32.2. The van der Waals surface area contributed by atoms with Gasteiger partial charge in [0.1, 0.15) is 5.03 Å². The van der Waals surface area contributed by atoms with Crippen LogP contribution in [0.25, 0.3) is 0 Å². The number of carboxylic acids is 1. The predicted molar refractivity (Wildman–Crippen MR) is 56.8 cm³/mol. The Labute approximate surface area is 87.6 Å². The number of hydrogen-bond acceptors (Lipinski definition) is 3. The summed E-state index contributed by atoms with van der Waals surface area (Å²) in [7, 11) is 0. The molecule has 0 aliphatic heterocycles. The number of hydrogen-bond donors (Lipinski definition) is 1. The number of carboxylic acid groups (broad SMARTS) is 1. The molecular weight excluding hydrogens is 198 g/mol. The Morgan fingerprint density at radius 3 is 3.00 bits per heavy atom. The smallest absolute Gasteiger partial charge is 0.338 e. The van der Waals surface area contributed by atoms with Gasteiger partial charge in [0.2, 0.25) is 0 Å². The summed E-state index contributed by atoms with van der Waals surface area (Å²) in [5.74, 6) is -0.913. The molecule has 0 bridgehead atoms. The minimum atomic E-state index is -0.913. The van der Waals surface area contributed by atoms with Gasteiger partial charge < -0.3 is 5.11 Å². The summed E-state index contributed by atoms with van der Waals surface area (Å²) in [6.45, 7) is 4.13. The summed E-state index contributed by atoms with van der Waals surface area (Å²) in [5, 5.41) is 9.90. The van der Waals surface area contributed by atoms with Crippen LogP contribution in [0.3, 0.4) is 0 Å². The number of thioether (sulfide) groups is 1. The van der Waals surface area contributed by atoms with Gasteiger partial charge >= 0.3 is 5.97 Å². The van der Waals surface area contributed by atoms with Gasteiger partial charge in [-0.3, -0.25) is 0 Å². The van der Waals surface area contributed by atoms with Gasteiger partial charge in [-0.05, 0) is 18.6 Å². The SMILES string of the molecule is CCC(C)Sc1ncccc1C(=O)O. The number of aromatic nitrogens is 1. The minimum Gasteiger partial charge on any atom is -0.478 e. The fourth-order valence-electron chi connectivity index (χ4n) is 0.921. The fraction of sp³-hybridized carbons (Fsp3) is 0.400. The molecule has 1 aromatic heterocycles. The molecule has 1 aromatic rings. The lowest BCUT2D eigenvalue weighted by Gasteiger charge is -2.08. The molecule has 0 fully saturated rings. The van der Waals surface area contributed by atoms with E-state index in [9.17, 15) is 4.79 Å². The summed E-state index contributed by atoms with van der Waals surface area (Å²) < 4.78 is 0. The molecule has 0 spiro atoms. The first-order valence-corrected chi connectivity index (χ1v) is 5.38. The highest BCUT2D eigenvalue weighted by Crippen LogP contribution is 2.25. The zero-order valence-electron chi connectivity index (χ0n) is 8.23. The largest absolute Gasteiger partial charge is 0.478 e. The summed E-state index contributed by atoms with van der Waals surface area (Å²) in [4.78, 5) is 14.9. The zero-order valence-corrected chi connectivity index (χ0v) is 9.04. The van der Waals surface area contributed by atoms with Gasteiger partial charge in [0.05, 0.1) is 5.56 Å². The minimum absolute atomic E-state index is 0.290. The van der Waals surface area contributed by atoms with E-state index in [-0.39, 0.29) is 5.56 Å². The molecule has 3 nitrogen and oxygen atoms in total. The van der Waals surface area contributed by atoms with E-state index in [1.807, 2.05) is 0 Å². The Morgan fingerprint density at radius 2 is 2.43 bits per heavy atom. The molecule has 4 heteroatoms. The van der Waals surface area contributed by atoms with Crippen molar-refractivity contribution < 1.29 is 9.90 Å².